The Bertz CT molecular complexity index is 1530. The quantitative estimate of drug-likeness (QED) is 0.130. The molecular weight excluding hydrogens is 609 g/mol. The van der Waals surface area contributed by atoms with E-state index in [1.807, 2.05) is 42.5 Å². The van der Waals surface area contributed by atoms with E-state index in [4.69, 9.17) is 10.1 Å². The van der Waals surface area contributed by atoms with Crippen molar-refractivity contribution in [1.82, 2.24) is 4.98 Å². The molecule has 0 saturated heterocycles. The van der Waals surface area contributed by atoms with Crippen molar-refractivity contribution in [2.24, 2.45) is 0 Å². The van der Waals surface area contributed by atoms with Crippen LogP contribution in [0.4, 0.5) is 0 Å². The SMILES string of the molecule is CC(=O)/C=C(/C)O.N#Cc1ccc2nc(-c3[c-]cccc3)c3sc4ccccc4c3c2c1.[Ir]. The van der Waals surface area contributed by atoms with Crippen molar-refractivity contribution < 1.29 is 30.0 Å². The van der Waals surface area contributed by atoms with E-state index in [1.54, 1.807) is 11.3 Å². The summed E-state index contributed by atoms with van der Waals surface area (Å²) in [4.78, 5) is 14.9. The average Bonchev–Trinajstić information content (AvgIpc) is 3.18. The number of aromatic nitrogens is 1. The monoisotopic (exact) mass is 628 g/mol. The molecule has 0 spiro atoms. The minimum atomic E-state index is -0.125. The van der Waals surface area contributed by atoms with Gasteiger partial charge in [0.2, 0.25) is 0 Å². The van der Waals surface area contributed by atoms with Crippen molar-refractivity contribution in [3.63, 3.8) is 0 Å². The predicted octanol–water partition coefficient (Wildman–Crippen LogP) is 6.98. The Morgan fingerprint density at radius 1 is 1.09 bits per heavy atom. The summed E-state index contributed by atoms with van der Waals surface area (Å²) in [5, 5.41) is 21.1. The summed E-state index contributed by atoms with van der Waals surface area (Å²) in [7, 11) is 0. The first-order chi connectivity index (χ1) is 15.5. The summed E-state index contributed by atoms with van der Waals surface area (Å²) in [6, 6.07) is 27.6. The third kappa shape index (κ3) is 5.18. The van der Waals surface area contributed by atoms with Gasteiger partial charge in [0.05, 0.1) is 22.9 Å². The van der Waals surface area contributed by atoms with E-state index >= 15 is 0 Å². The fourth-order valence-corrected chi connectivity index (χ4v) is 4.79. The molecular formula is C27H19IrN2O2S-. The molecule has 1 N–H and O–H groups in total. The number of aliphatic hydroxyl groups is 1. The van der Waals surface area contributed by atoms with E-state index < -0.39 is 0 Å². The number of allylic oxidation sites excluding steroid dienone is 2. The largest absolute Gasteiger partial charge is 0.512 e. The van der Waals surface area contributed by atoms with E-state index in [2.05, 4.69) is 36.4 Å². The molecule has 165 valence electrons. The third-order valence-electron chi connectivity index (χ3n) is 4.81. The Morgan fingerprint density at radius 2 is 1.85 bits per heavy atom. The predicted molar refractivity (Wildman–Crippen MR) is 131 cm³/mol. The van der Waals surface area contributed by atoms with E-state index in [-0.39, 0.29) is 31.6 Å². The van der Waals surface area contributed by atoms with Crippen LogP contribution < -0.4 is 0 Å². The summed E-state index contributed by atoms with van der Waals surface area (Å²) in [6.45, 7) is 2.85. The number of nitriles is 1. The van der Waals surface area contributed by atoms with Crippen LogP contribution in [0.15, 0.2) is 78.6 Å². The minimum absolute atomic E-state index is 0. The maximum Gasteiger partial charge on any atom is 0.155 e. The molecule has 3 aromatic carbocycles. The number of nitrogens with zero attached hydrogens (tertiary/aromatic N) is 2. The molecule has 5 aromatic rings. The number of rotatable bonds is 2. The fraction of sp³-hybridized carbons (Fsp3) is 0.0741. The van der Waals surface area contributed by atoms with E-state index in [1.165, 1.54) is 35.4 Å². The molecule has 0 atom stereocenters. The summed E-state index contributed by atoms with van der Waals surface area (Å²) in [5.41, 5.74) is 3.51. The molecule has 5 rings (SSSR count). The van der Waals surface area contributed by atoms with Gasteiger partial charge in [-0.3, -0.25) is 9.78 Å². The zero-order valence-corrected chi connectivity index (χ0v) is 21.1. The second kappa shape index (κ2) is 10.5. The van der Waals surface area contributed by atoms with Gasteiger partial charge in [-0.1, -0.05) is 18.2 Å². The van der Waals surface area contributed by atoms with E-state index in [9.17, 15) is 10.1 Å². The van der Waals surface area contributed by atoms with Gasteiger partial charge in [0.1, 0.15) is 0 Å². The smallest absolute Gasteiger partial charge is 0.155 e. The van der Waals surface area contributed by atoms with Gasteiger partial charge < -0.3 is 5.11 Å². The van der Waals surface area contributed by atoms with Gasteiger partial charge in [0, 0.05) is 57.4 Å². The normalized spacial score (nSPS) is 10.9. The van der Waals surface area contributed by atoms with Crippen molar-refractivity contribution >= 4 is 48.2 Å². The molecule has 0 fully saturated rings. The van der Waals surface area contributed by atoms with Gasteiger partial charge in [-0.25, -0.2) is 0 Å². The van der Waals surface area contributed by atoms with Crippen LogP contribution in [-0.4, -0.2) is 15.9 Å². The van der Waals surface area contributed by atoms with Gasteiger partial charge in [0.15, 0.2) is 5.78 Å². The molecule has 6 heteroatoms. The van der Waals surface area contributed by atoms with Crippen LogP contribution in [-0.2, 0) is 24.9 Å². The second-order valence-electron chi connectivity index (χ2n) is 7.28. The van der Waals surface area contributed by atoms with Crippen molar-refractivity contribution in [2.45, 2.75) is 13.8 Å². The van der Waals surface area contributed by atoms with Crippen LogP contribution >= 0.6 is 11.3 Å². The molecule has 4 nitrogen and oxygen atoms in total. The summed E-state index contributed by atoms with van der Waals surface area (Å²) < 4.78 is 2.37. The maximum atomic E-state index is 10.0. The summed E-state index contributed by atoms with van der Waals surface area (Å²) in [6.07, 6.45) is 1.17. The third-order valence-corrected chi connectivity index (χ3v) is 5.99. The van der Waals surface area contributed by atoms with Crippen LogP contribution in [0.2, 0.25) is 0 Å². The number of hydrogen-bond donors (Lipinski definition) is 1. The van der Waals surface area contributed by atoms with Crippen LogP contribution in [0.5, 0.6) is 0 Å². The number of benzene rings is 3. The first kappa shape index (κ1) is 24.3. The first-order valence-corrected chi connectivity index (χ1v) is 10.8. The van der Waals surface area contributed by atoms with Gasteiger partial charge in [-0.15, -0.1) is 47.2 Å². The first-order valence-electron chi connectivity index (χ1n) is 9.98. The molecule has 0 bridgehead atoms. The van der Waals surface area contributed by atoms with Gasteiger partial charge in [-0.2, -0.15) is 5.26 Å². The number of thiophene rings is 1. The van der Waals surface area contributed by atoms with E-state index in [0.717, 1.165) is 26.9 Å². The van der Waals surface area contributed by atoms with Crippen LogP contribution in [0.3, 0.4) is 0 Å². The molecule has 0 saturated carbocycles. The number of carbonyl (C=O) groups excluding carboxylic acids is 1. The van der Waals surface area contributed by atoms with Crippen LogP contribution in [0.1, 0.15) is 19.4 Å². The number of aliphatic hydroxyl groups excluding tert-OH is 1. The Kier molecular flexibility index (Phi) is 7.73. The number of ketones is 1. The molecule has 0 aliphatic heterocycles. The number of carbonyl (C=O) groups is 1. The molecule has 0 amide bonds. The zero-order valence-electron chi connectivity index (χ0n) is 17.9. The van der Waals surface area contributed by atoms with Crippen molar-refractivity contribution in [1.29, 1.82) is 5.26 Å². The zero-order chi connectivity index (χ0) is 22.7. The maximum absolute atomic E-state index is 10.0. The standard InChI is InChI=1S/C22H11N2S.C5H8O2.Ir/c23-13-14-10-11-18-17(12-14)20-16-8-4-5-9-19(16)25-22(20)21(24-18)15-6-2-1-3-7-15;1-4(6)3-5(2)7;/h1-6,8-12H;3,6H,1-2H3;/q-1;;/b;4-3-;. The molecule has 2 heterocycles. The van der Waals surface area contributed by atoms with Crippen LogP contribution in [0, 0.1) is 17.4 Å². The molecule has 0 unspecified atom stereocenters. The Balaban J connectivity index is 0.000000337. The Labute approximate surface area is 209 Å². The van der Waals surface area contributed by atoms with Gasteiger partial charge in [0.25, 0.3) is 0 Å². The molecule has 0 aliphatic carbocycles. The van der Waals surface area contributed by atoms with Crippen molar-refractivity contribution in [3.05, 3.63) is 90.2 Å². The number of fused-ring (bicyclic) bond motifs is 5. The molecule has 0 aliphatic rings. The van der Waals surface area contributed by atoms with Crippen molar-refractivity contribution in [3.8, 4) is 17.3 Å². The topological polar surface area (TPSA) is 74.0 Å². The van der Waals surface area contributed by atoms with Gasteiger partial charge >= 0.3 is 0 Å². The summed E-state index contributed by atoms with van der Waals surface area (Å²) >= 11 is 1.75. The minimum Gasteiger partial charge on any atom is -0.512 e. The number of pyridine rings is 1. The van der Waals surface area contributed by atoms with Crippen LogP contribution in [0.25, 0.3) is 42.3 Å². The number of hydrogen-bond acceptors (Lipinski definition) is 5. The fourth-order valence-electron chi connectivity index (χ4n) is 3.57. The van der Waals surface area contributed by atoms with Gasteiger partial charge in [-0.05, 0) is 38.1 Å². The van der Waals surface area contributed by atoms with Crippen molar-refractivity contribution in [2.75, 3.05) is 0 Å². The molecule has 2 aromatic heterocycles. The second-order valence-corrected chi connectivity index (χ2v) is 8.33. The molecule has 33 heavy (non-hydrogen) atoms. The summed E-state index contributed by atoms with van der Waals surface area (Å²) in [5.74, 6) is -0.0625. The molecule has 1 radical (unpaired) electrons. The Hall–Kier alpha value is -3.36. The van der Waals surface area contributed by atoms with E-state index in [0.29, 0.717) is 5.56 Å². The average molecular weight is 628 g/mol. The Morgan fingerprint density at radius 3 is 2.48 bits per heavy atom.